The zero-order valence-corrected chi connectivity index (χ0v) is 11.7. The lowest BCUT2D eigenvalue weighted by molar-refractivity contribution is 0.0821. The highest BCUT2D eigenvalue weighted by Gasteiger charge is 2.09. The second kappa shape index (κ2) is 7.05. The maximum absolute atomic E-state index is 11.6. The van der Waals surface area contributed by atoms with Crippen LogP contribution in [0.15, 0.2) is 12.1 Å². The fourth-order valence-electron chi connectivity index (χ4n) is 1.26. The lowest BCUT2D eigenvalue weighted by atomic mass is 10.3. The molecular weight excluding hydrogens is 252 g/mol. The molecule has 1 rings (SSSR count). The van der Waals surface area contributed by atoms with Gasteiger partial charge in [0.15, 0.2) is 5.69 Å². The molecule has 1 atom stereocenters. The minimum atomic E-state index is -0.765. The van der Waals surface area contributed by atoms with Gasteiger partial charge < -0.3 is 10.2 Å². The molecule has 0 aliphatic rings. The molecule has 0 bridgehead atoms. The van der Waals surface area contributed by atoms with Crippen molar-refractivity contribution in [3.63, 3.8) is 0 Å². The normalized spacial score (nSPS) is 11.9. The van der Waals surface area contributed by atoms with Gasteiger partial charge in [-0.3, -0.25) is 9.00 Å². The minimum absolute atomic E-state index is 0.171. The Balaban J connectivity index is 2.45. The van der Waals surface area contributed by atoms with Gasteiger partial charge in [0.05, 0.1) is 0 Å². The fourth-order valence-corrected chi connectivity index (χ4v) is 1.81. The number of carbonyl (C=O) groups excluding carboxylic acids is 1. The summed E-state index contributed by atoms with van der Waals surface area (Å²) < 4.78 is 10.9. The monoisotopic (exact) mass is 270 g/mol. The summed E-state index contributed by atoms with van der Waals surface area (Å²) >= 11 is 0. The minimum Gasteiger partial charge on any atom is -0.369 e. The number of aromatic nitrogens is 2. The van der Waals surface area contributed by atoms with Gasteiger partial charge in [-0.25, -0.2) is 0 Å². The topological polar surface area (TPSA) is 75.2 Å². The van der Waals surface area contributed by atoms with Crippen LogP contribution in [0.5, 0.6) is 0 Å². The Morgan fingerprint density at radius 1 is 1.39 bits per heavy atom. The molecule has 7 heteroatoms. The third-order valence-corrected chi connectivity index (χ3v) is 3.07. The first-order chi connectivity index (χ1) is 8.50. The number of anilines is 1. The Hall–Kier alpha value is -1.50. The molecule has 1 N–H and O–H groups in total. The SMILES string of the molecule is CN(C)C(=O)c1ccc(NCCCS(C)=O)nn1. The number of carbonyl (C=O) groups is 1. The van der Waals surface area contributed by atoms with Gasteiger partial charge in [0.2, 0.25) is 0 Å². The zero-order chi connectivity index (χ0) is 13.5. The summed E-state index contributed by atoms with van der Waals surface area (Å²) in [5, 5.41) is 10.8. The predicted molar refractivity (Wildman–Crippen MR) is 72.1 cm³/mol. The average Bonchev–Trinajstić information content (AvgIpc) is 2.34. The van der Waals surface area contributed by atoms with Crippen molar-refractivity contribution in [2.24, 2.45) is 0 Å². The number of hydrogen-bond donors (Lipinski definition) is 1. The number of hydrogen-bond acceptors (Lipinski definition) is 5. The van der Waals surface area contributed by atoms with Gasteiger partial charge in [-0.2, -0.15) is 0 Å². The van der Waals surface area contributed by atoms with Gasteiger partial charge in [0.25, 0.3) is 5.91 Å². The van der Waals surface area contributed by atoms with Gasteiger partial charge >= 0.3 is 0 Å². The molecule has 1 aromatic rings. The summed E-state index contributed by atoms with van der Waals surface area (Å²) in [5.74, 6) is 1.11. The second-order valence-corrected chi connectivity index (χ2v) is 5.62. The van der Waals surface area contributed by atoms with Crippen molar-refractivity contribution in [3.8, 4) is 0 Å². The highest BCUT2D eigenvalue weighted by atomic mass is 32.2. The summed E-state index contributed by atoms with van der Waals surface area (Å²) in [7, 11) is 2.57. The molecule has 0 aliphatic carbocycles. The van der Waals surface area contributed by atoms with E-state index in [4.69, 9.17) is 0 Å². The molecule has 18 heavy (non-hydrogen) atoms. The van der Waals surface area contributed by atoms with Crippen molar-refractivity contribution in [1.82, 2.24) is 15.1 Å². The fraction of sp³-hybridized carbons (Fsp3) is 0.545. The molecule has 1 unspecified atom stereocenters. The average molecular weight is 270 g/mol. The third-order valence-electron chi connectivity index (χ3n) is 2.20. The van der Waals surface area contributed by atoms with Crippen molar-refractivity contribution >= 4 is 22.5 Å². The Labute approximate surface area is 109 Å². The largest absolute Gasteiger partial charge is 0.369 e. The van der Waals surface area contributed by atoms with E-state index in [-0.39, 0.29) is 5.91 Å². The van der Waals surface area contributed by atoms with E-state index in [0.29, 0.717) is 23.8 Å². The number of amides is 1. The third kappa shape index (κ3) is 4.79. The molecule has 0 radical (unpaired) electrons. The van der Waals surface area contributed by atoms with Crippen LogP contribution in [0, 0.1) is 0 Å². The summed E-state index contributed by atoms with van der Waals surface area (Å²) in [6.45, 7) is 0.690. The van der Waals surface area contributed by atoms with Gasteiger partial charge in [0, 0.05) is 43.4 Å². The van der Waals surface area contributed by atoms with Crippen LogP contribution < -0.4 is 5.32 Å². The molecule has 0 fully saturated rings. The number of nitrogens with zero attached hydrogens (tertiary/aromatic N) is 3. The molecular formula is C11H18N4O2S. The van der Waals surface area contributed by atoms with Crippen LogP contribution in [-0.4, -0.2) is 57.9 Å². The van der Waals surface area contributed by atoms with E-state index in [0.717, 1.165) is 6.42 Å². The van der Waals surface area contributed by atoms with E-state index in [2.05, 4.69) is 15.5 Å². The molecule has 1 heterocycles. The summed E-state index contributed by atoms with van der Waals surface area (Å²) in [4.78, 5) is 13.0. The highest BCUT2D eigenvalue weighted by molar-refractivity contribution is 7.84. The van der Waals surface area contributed by atoms with Crippen molar-refractivity contribution in [2.75, 3.05) is 38.0 Å². The Morgan fingerprint density at radius 3 is 2.61 bits per heavy atom. The van der Waals surface area contributed by atoms with E-state index < -0.39 is 10.8 Å². The predicted octanol–water partition coefficient (Wildman–Crippen LogP) is 0.359. The van der Waals surface area contributed by atoms with Crippen molar-refractivity contribution in [3.05, 3.63) is 17.8 Å². The van der Waals surface area contributed by atoms with Crippen LogP contribution in [0.3, 0.4) is 0 Å². The van der Waals surface area contributed by atoms with Crippen molar-refractivity contribution in [1.29, 1.82) is 0 Å². The van der Waals surface area contributed by atoms with E-state index in [9.17, 15) is 9.00 Å². The molecule has 1 amide bonds. The van der Waals surface area contributed by atoms with Crippen LogP contribution in [0.1, 0.15) is 16.9 Å². The highest BCUT2D eigenvalue weighted by Crippen LogP contribution is 2.03. The first-order valence-electron chi connectivity index (χ1n) is 5.60. The van der Waals surface area contributed by atoms with Crippen LogP contribution in [-0.2, 0) is 10.8 Å². The van der Waals surface area contributed by atoms with Gasteiger partial charge in [0.1, 0.15) is 5.82 Å². The van der Waals surface area contributed by atoms with E-state index in [1.807, 2.05) is 0 Å². The second-order valence-electron chi connectivity index (χ2n) is 4.06. The molecule has 1 aromatic heterocycles. The molecule has 6 nitrogen and oxygen atoms in total. The van der Waals surface area contributed by atoms with Crippen molar-refractivity contribution < 1.29 is 9.00 Å². The first-order valence-corrected chi connectivity index (χ1v) is 7.32. The maximum atomic E-state index is 11.6. The summed E-state index contributed by atoms with van der Waals surface area (Å²) in [5.41, 5.74) is 0.320. The van der Waals surface area contributed by atoms with E-state index in [1.165, 1.54) is 4.90 Å². The van der Waals surface area contributed by atoms with Gasteiger partial charge in [-0.1, -0.05) is 0 Å². The summed E-state index contributed by atoms with van der Waals surface area (Å²) in [6, 6.07) is 3.35. The van der Waals surface area contributed by atoms with Gasteiger partial charge in [-0.15, -0.1) is 10.2 Å². The van der Waals surface area contributed by atoms with Crippen molar-refractivity contribution in [2.45, 2.75) is 6.42 Å². The van der Waals surface area contributed by atoms with Crippen LogP contribution in [0.4, 0.5) is 5.82 Å². The Kier molecular flexibility index (Phi) is 5.70. The molecule has 100 valence electrons. The molecule has 0 saturated carbocycles. The lowest BCUT2D eigenvalue weighted by Crippen LogP contribution is -2.23. The first kappa shape index (κ1) is 14.6. The Morgan fingerprint density at radius 2 is 2.11 bits per heavy atom. The van der Waals surface area contributed by atoms with Crippen LogP contribution in [0.2, 0.25) is 0 Å². The Bertz CT molecular complexity index is 420. The maximum Gasteiger partial charge on any atom is 0.273 e. The molecule has 0 spiro atoms. The van der Waals surface area contributed by atoms with Crippen LogP contribution >= 0.6 is 0 Å². The quantitative estimate of drug-likeness (QED) is 0.755. The molecule has 0 aromatic carbocycles. The number of rotatable bonds is 6. The molecule has 0 saturated heterocycles. The van der Waals surface area contributed by atoms with Gasteiger partial charge in [-0.05, 0) is 18.6 Å². The zero-order valence-electron chi connectivity index (χ0n) is 10.8. The summed E-state index contributed by atoms with van der Waals surface area (Å²) in [6.07, 6.45) is 2.49. The molecule has 0 aliphatic heterocycles. The lowest BCUT2D eigenvalue weighted by Gasteiger charge is -2.09. The standard InChI is InChI=1S/C11H18N4O2S/c1-15(2)11(16)9-5-6-10(14-13-9)12-7-4-8-18(3)17/h5-6H,4,7-8H2,1-3H3,(H,12,14). The smallest absolute Gasteiger partial charge is 0.273 e. The van der Waals surface area contributed by atoms with E-state index >= 15 is 0 Å². The van der Waals surface area contributed by atoms with E-state index in [1.54, 1.807) is 32.5 Å². The number of nitrogens with one attached hydrogen (secondary N) is 1. The van der Waals surface area contributed by atoms with Crippen LogP contribution in [0.25, 0.3) is 0 Å².